The molecule has 0 saturated carbocycles. The van der Waals surface area contributed by atoms with Crippen LogP contribution in [0, 0.1) is 0 Å². The molecule has 0 fully saturated rings. The molecule has 0 radical (unpaired) electrons. The topological polar surface area (TPSA) is 83.7 Å². The number of fused-ring (bicyclic) bond motifs is 1. The van der Waals surface area contributed by atoms with E-state index >= 15 is 0 Å². The van der Waals surface area contributed by atoms with Gasteiger partial charge in [0.15, 0.2) is 5.13 Å². The Morgan fingerprint density at radius 3 is 2.34 bits per heavy atom. The number of para-hydroxylation sites is 1. The first-order chi connectivity index (χ1) is 16.8. The van der Waals surface area contributed by atoms with Crippen molar-refractivity contribution in [1.29, 1.82) is 0 Å². The molecule has 7 nitrogen and oxygen atoms in total. The molecular formula is C26H29N3O4S2. The Labute approximate surface area is 210 Å². The fraction of sp³-hybridized carbons (Fsp3) is 0.308. The van der Waals surface area contributed by atoms with E-state index in [1.165, 1.54) is 27.8 Å². The molecule has 9 heteroatoms. The number of furan rings is 1. The van der Waals surface area contributed by atoms with Crippen molar-refractivity contribution in [3.8, 4) is 0 Å². The van der Waals surface area contributed by atoms with Gasteiger partial charge in [-0.25, -0.2) is 13.4 Å². The zero-order chi connectivity index (χ0) is 25.2. The number of amides is 1. The number of sulfonamides is 1. The zero-order valence-corrected chi connectivity index (χ0v) is 21.9. The fourth-order valence-electron chi connectivity index (χ4n) is 3.96. The van der Waals surface area contributed by atoms with E-state index in [-0.39, 0.29) is 17.3 Å². The van der Waals surface area contributed by atoms with Gasteiger partial charge in [0.05, 0.1) is 27.9 Å². The van der Waals surface area contributed by atoms with Crippen LogP contribution in [0.25, 0.3) is 10.2 Å². The summed E-state index contributed by atoms with van der Waals surface area (Å²) in [7, 11) is -3.60. The first-order valence-corrected chi connectivity index (χ1v) is 13.9. The molecule has 2 aromatic carbocycles. The average Bonchev–Trinajstić information content (AvgIpc) is 3.52. The summed E-state index contributed by atoms with van der Waals surface area (Å²) in [4.78, 5) is 20.3. The normalized spacial score (nSPS) is 12.1. The minimum Gasteiger partial charge on any atom is -0.467 e. The molecule has 35 heavy (non-hydrogen) atoms. The fourth-order valence-corrected chi connectivity index (χ4v) is 6.42. The van der Waals surface area contributed by atoms with Crippen LogP contribution < -0.4 is 4.90 Å². The van der Waals surface area contributed by atoms with Gasteiger partial charge in [0.25, 0.3) is 5.91 Å². The summed E-state index contributed by atoms with van der Waals surface area (Å²) in [5.74, 6) is 0.643. The van der Waals surface area contributed by atoms with Crippen LogP contribution in [0.3, 0.4) is 0 Å². The van der Waals surface area contributed by atoms with Crippen molar-refractivity contribution in [3.63, 3.8) is 0 Å². The van der Waals surface area contributed by atoms with Crippen molar-refractivity contribution < 1.29 is 17.6 Å². The molecule has 0 aliphatic heterocycles. The molecule has 0 aliphatic rings. The molecule has 4 rings (SSSR count). The van der Waals surface area contributed by atoms with Crippen LogP contribution in [0.5, 0.6) is 0 Å². The Bertz CT molecular complexity index is 1400. The lowest BCUT2D eigenvalue weighted by Crippen LogP contribution is -2.31. The second-order valence-corrected chi connectivity index (χ2v) is 11.4. The zero-order valence-electron chi connectivity index (χ0n) is 20.3. The van der Waals surface area contributed by atoms with Crippen LogP contribution in [-0.4, -0.2) is 36.7 Å². The number of carbonyl (C=O) groups is 1. The summed E-state index contributed by atoms with van der Waals surface area (Å²) in [6.45, 7) is 8.81. The van der Waals surface area contributed by atoms with Crippen LogP contribution in [0.4, 0.5) is 5.13 Å². The third-order valence-electron chi connectivity index (χ3n) is 5.88. The van der Waals surface area contributed by atoms with E-state index in [9.17, 15) is 13.2 Å². The molecule has 184 valence electrons. The second kappa shape index (κ2) is 10.3. The minimum absolute atomic E-state index is 0.164. The molecule has 4 aromatic rings. The smallest absolute Gasteiger partial charge is 0.260 e. The molecular weight excluding hydrogens is 482 g/mol. The number of benzene rings is 2. The highest BCUT2D eigenvalue weighted by molar-refractivity contribution is 7.89. The van der Waals surface area contributed by atoms with Crippen molar-refractivity contribution in [2.45, 2.75) is 45.1 Å². The van der Waals surface area contributed by atoms with Gasteiger partial charge in [-0.2, -0.15) is 4.31 Å². The van der Waals surface area contributed by atoms with Crippen molar-refractivity contribution in [3.05, 3.63) is 77.7 Å². The number of carbonyl (C=O) groups excluding carboxylic acids is 1. The number of aromatic nitrogens is 1. The summed E-state index contributed by atoms with van der Waals surface area (Å²) in [5.41, 5.74) is 2.39. The Hall–Kier alpha value is -3.01. The maximum Gasteiger partial charge on any atom is 0.260 e. The predicted octanol–water partition coefficient (Wildman–Crippen LogP) is 5.89. The monoisotopic (exact) mass is 511 g/mol. The SMILES string of the molecule is CCN(CC)S(=O)(=O)c1ccc(C(=O)N(Cc2ccco2)c2nc3c(C(C)C)cccc3s2)cc1. The van der Waals surface area contributed by atoms with Gasteiger partial charge in [-0.3, -0.25) is 9.69 Å². The molecule has 0 saturated heterocycles. The molecule has 2 heterocycles. The number of hydrogen-bond acceptors (Lipinski definition) is 6. The summed E-state index contributed by atoms with van der Waals surface area (Å²) in [6.07, 6.45) is 1.57. The Kier molecular flexibility index (Phi) is 7.39. The highest BCUT2D eigenvalue weighted by atomic mass is 32.2. The third-order valence-corrected chi connectivity index (χ3v) is 8.98. The van der Waals surface area contributed by atoms with Crippen molar-refractivity contribution in [2.75, 3.05) is 18.0 Å². The Balaban J connectivity index is 1.72. The highest BCUT2D eigenvalue weighted by Gasteiger charge is 2.26. The maximum atomic E-state index is 13.7. The van der Waals surface area contributed by atoms with E-state index in [4.69, 9.17) is 9.40 Å². The van der Waals surface area contributed by atoms with Crippen LogP contribution in [-0.2, 0) is 16.6 Å². The maximum absolute atomic E-state index is 13.7. The van der Waals surface area contributed by atoms with Gasteiger partial charge < -0.3 is 4.42 Å². The average molecular weight is 512 g/mol. The second-order valence-electron chi connectivity index (χ2n) is 8.43. The molecule has 0 bridgehead atoms. The van der Waals surface area contributed by atoms with Gasteiger partial charge in [-0.1, -0.05) is 51.2 Å². The summed E-state index contributed by atoms with van der Waals surface area (Å²) < 4.78 is 33.6. The van der Waals surface area contributed by atoms with E-state index in [0.29, 0.717) is 35.5 Å². The van der Waals surface area contributed by atoms with Gasteiger partial charge in [0.2, 0.25) is 10.0 Å². The van der Waals surface area contributed by atoms with Crippen LogP contribution in [0.2, 0.25) is 0 Å². The lowest BCUT2D eigenvalue weighted by molar-refractivity contribution is 0.0983. The molecule has 0 unspecified atom stereocenters. The Morgan fingerprint density at radius 1 is 1.03 bits per heavy atom. The lowest BCUT2D eigenvalue weighted by atomic mass is 10.0. The van der Waals surface area contributed by atoms with Crippen LogP contribution in [0.1, 0.15) is 55.3 Å². The molecule has 0 spiro atoms. The third kappa shape index (κ3) is 5.03. The molecule has 0 N–H and O–H groups in total. The number of rotatable bonds is 9. The predicted molar refractivity (Wildman–Crippen MR) is 139 cm³/mol. The van der Waals surface area contributed by atoms with E-state index < -0.39 is 10.0 Å². The number of nitrogens with zero attached hydrogens (tertiary/aromatic N) is 3. The van der Waals surface area contributed by atoms with Gasteiger partial charge in [0, 0.05) is 18.7 Å². The standard InChI is InChI=1S/C26H29N3O4S2/c1-5-28(6-2)35(31,32)21-14-12-19(13-15-21)25(30)29(17-20-9-8-16-33-20)26-27-24-22(18(3)4)10-7-11-23(24)34-26/h7-16,18H,5-6,17H2,1-4H3. The van der Waals surface area contributed by atoms with Crippen molar-refractivity contribution in [2.24, 2.45) is 0 Å². The quantitative estimate of drug-likeness (QED) is 0.280. The minimum atomic E-state index is -3.60. The van der Waals surface area contributed by atoms with Crippen molar-refractivity contribution >= 4 is 42.6 Å². The van der Waals surface area contributed by atoms with Crippen LogP contribution in [0.15, 0.2) is 70.2 Å². The Morgan fingerprint density at radius 2 is 1.74 bits per heavy atom. The van der Waals surface area contributed by atoms with E-state index in [1.54, 1.807) is 43.2 Å². The van der Waals surface area contributed by atoms with Gasteiger partial charge in [0.1, 0.15) is 5.76 Å². The number of anilines is 1. The molecule has 0 atom stereocenters. The van der Waals surface area contributed by atoms with Gasteiger partial charge in [-0.05, 0) is 53.9 Å². The van der Waals surface area contributed by atoms with Gasteiger partial charge in [-0.15, -0.1) is 0 Å². The number of hydrogen-bond donors (Lipinski definition) is 0. The summed E-state index contributed by atoms with van der Waals surface area (Å²) >= 11 is 1.45. The largest absolute Gasteiger partial charge is 0.467 e. The summed E-state index contributed by atoms with van der Waals surface area (Å²) in [5, 5.41) is 0.564. The first-order valence-electron chi connectivity index (χ1n) is 11.6. The summed E-state index contributed by atoms with van der Waals surface area (Å²) in [6, 6.07) is 15.7. The highest BCUT2D eigenvalue weighted by Crippen LogP contribution is 2.35. The van der Waals surface area contributed by atoms with E-state index in [1.807, 2.05) is 18.2 Å². The van der Waals surface area contributed by atoms with E-state index in [2.05, 4.69) is 19.9 Å². The van der Waals surface area contributed by atoms with E-state index in [0.717, 1.165) is 15.8 Å². The van der Waals surface area contributed by atoms with Crippen LogP contribution >= 0.6 is 11.3 Å². The van der Waals surface area contributed by atoms with Crippen molar-refractivity contribution in [1.82, 2.24) is 9.29 Å². The molecule has 2 aromatic heterocycles. The molecule has 1 amide bonds. The lowest BCUT2D eigenvalue weighted by Gasteiger charge is -2.20. The number of thiazole rings is 1. The van der Waals surface area contributed by atoms with Gasteiger partial charge >= 0.3 is 0 Å². The molecule has 0 aliphatic carbocycles. The first kappa shape index (κ1) is 25.1.